The fourth-order valence-electron chi connectivity index (χ4n) is 2.08. The number of rotatable bonds is 6. The summed E-state index contributed by atoms with van der Waals surface area (Å²) in [7, 11) is 2.95. The predicted octanol–water partition coefficient (Wildman–Crippen LogP) is 0.542. The van der Waals surface area contributed by atoms with Crippen molar-refractivity contribution in [2.24, 2.45) is 0 Å². The van der Waals surface area contributed by atoms with Crippen LogP contribution in [-0.4, -0.2) is 59.7 Å². The van der Waals surface area contributed by atoms with Crippen LogP contribution in [0.4, 0.5) is 0 Å². The third-order valence-electron chi connectivity index (χ3n) is 3.59. The molecule has 2 amide bonds. The fourth-order valence-corrected chi connectivity index (χ4v) is 2.08. The van der Waals surface area contributed by atoms with Crippen molar-refractivity contribution in [2.45, 2.75) is 6.92 Å². The zero-order chi connectivity index (χ0) is 18.4. The Labute approximate surface area is 145 Å². The molecule has 0 saturated carbocycles. The van der Waals surface area contributed by atoms with E-state index in [1.165, 1.54) is 19.0 Å². The van der Waals surface area contributed by atoms with E-state index in [1.807, 2.05) is 13.0 Å². The van der Waals surface area contributed by atoms with Crippen LogP contribution in [0, 0.1) is 6.92 Å². The number of benzene rings is 1. The minimum absolute atomic E-state index is 0.0925. The summed E-state index contributed by atoms with van der Waals surface area (Å²) < 4.78 is 6.74. The summed E-state index contributed by atoms with van der Waals surface area (Å²) in [5.41, 5.74) is 2.12. The molecule has 0 aliphatic heterocycles. The minimum atomic E-state index is -0.606. The molecule has 1 aromatic carbocycles. The van der Waals surface area contributed by atoms with Crippen LogP contribution >= 0.6 is 0 Å². The summed E-state index contributed by atoms with van der Waals surface area (Å²) in [6, 6.07) is 8.59. The molecule has 132 valence electrons. The quantitative estimate of drug-likeness (QED) is 0.772. The molecule has 0 unspecified atom stereocenters. The van der Waals surface area contributed by atoms with Crippen molar-refractivity contribution in [3.8, 4) is 5.69 Å². The first-order chi connectivity index (χ1) is 11.9. The van der Waals surface area contributed by atoms with Gasteiger partial charge in [-0.1, -0.05) is 0 Å². The Morgan fingerprint density at radius 1 is 1.20 bits per heavy atom. The van der Waals surface area contributed by atoms with Crippen LogP contribution in [0.15, 0.2) is 36.5 Å². The summed E-state index contributed by atoms with van der Waals surface area (Å²) in [4.78, 5) is 36.3. The van der Waals surface area contributed by atoms with Crippen molar-refractivity contribution in [1.29, 1.82) is 0 Å². The number of esters is 1. The van der Waals surface area contributed by atoms with Crippen LogP contribution in [0.5, 0.6) is 0 Å². The molecule has 0 saturated heterocycles. The number of nitrogens with one attached hydrogen (secondary N) is 1. The molecular weight excluding hydrogens is 324 g/mol. The molecule has 0 atom stereocenters. The Hall–Kier alpha value is -3.16. The summed E-state index contributed by atoms with van der Waals surface area (Å²) in [5.74, 6) is -1.36. The monoisotopic (exact) mass is 344 g/mol. The largest absolute Gasteiger partial charge is 0.452 e. The predicted molar refractivity (Wildman–Crippen MR) is 90.3 cm³/mol. The smallest absolute Gasteiger partial charge is 0.338 e. The lowest BCUT2D eigenvalue weighted by Gasteiger charge is -2.15. The van der Waals surface area contributed by atoms with Gasteiger partial charge in [-0.25, -0.2) is 9.48 Å². The maximum Gasteiger partial charge on any atom is 0.338 e. The second-order valence-electron chi connectivity index (χ2n) is 5.43. The van der Waals surface area contributed by atoms with Gasteiger partial charge in [0, 0.05) is 26.0 Å². The molecular formula is C17H20N4O4. The van der Waals surface area contributed by atoms with Gasteiger partial charge in [-0.2, -0.15) is 5.10 Å². The van der Waals surface area contributed by atoms with E-state index >= 15 is 0 Å². The van der Waals surface area contributed by atoms with E-state index in [1.54, 1.807) is 35.1 Å². The number of aromatic nitrogens is 2. The van der Waals surface area contributed by atoms with Gasteiger partial charge < -0.3 is 15.0 Å². The van der Waals surface area contributed by atoms with Crippen molar-refractivity contribution in [1.82, 2.24) is 20.0 Å². The zero-order valence-corrected chi connectivity index (χ0v) is 14.4. The number of amides is 2. The normalized spacial score (nSPS) is 10.2. The molecule has 2 aromatic rings. The van der Waals surface area contributed by atoms with Crippen LogP contribution in [0.3, 0.4) is 0 Å². The van der Waals surface area contributed by atoms with E-state index in [-0.39, 0.29) is 12.5 Å². The number of hydrogen-bond donors (Lipinski definition) is 1. The van der Waals surface area contributed by atoms with Crippen molar-refractivity contribution >= 4 is 17.8 Å². The van der Waals surface area contributed by atoms with E-state index in [0.717, 1.165) is 11.4 Å². The molecule has 1 N–H and O–H groups in total. The number of aryl methyl sites for hydroxylation is 1. The van der Waals surface area contributed by atoms with Crippen molar-refractivity contribution in [3.05, 3.63) is 47.8 Å². The highest BCUT2D eigenvalue weighted by molar-refractivity contribution is 5.92. The van der Waals surface area contributed by atoms with E-state index in [2.05, 4.69) is 10.4 Å². The van der Waals surface area contributed by atoms with E-state index in [4.69, 9.17) is 4.74 Å². The highest BCUT2D eigenvalue weighted by atomic mass is 16.5. The number of carbonyl (C=O) groups excluding carboxylic acids is 3. The van der Waals surface area contributed by atoms with Gasteiger partial charge in [0.1, 0.15) is 0 Å². The Morgan fingerprint density at radius 3 is 2.44 bits per heavy atom. The average Bonchev–Trinajstić information content (AvgIpc) is 3.05. The minimum Gasteiger partial charge on any atom is -0.452 e. The van der Waals surface area contributed by atoms with Crippen molar-refractivity contribution < 1.29 is 19.1 Å². The summed E-state index contributed by atoms with van der Waals surface area (Å²) in [6.45, 7) is 1.41. The first-order valence-corrected chi connectivity index (χ1v) is 7.65. The molecule has 8 nitrogen and oxygen atoms in total. The topological polar surface area (TPSA) is 93.5 Å². The highest BCUT2D eigenvalue weighted by Crippen LogP contribution is 2.12. The van der Waals surface area contributed by atoms with Crippen LogP contribution in [0.1, 0.15) is 16.1 Å². The van der Waals surface area contributed by atoms with Crippen molar-refractivity contribution in [2.75, 3.05) is 27.2 Å². The molecule has 25 heavy (non-hydrogen) atoms. The van der Waals surface area contributed by atoms with E-state index in [9.17, 15) is 14.4 Å². The number of likely N-dealkylation sites (N-methyl/N-ethyl adjacent to an activating group) is 2. The molecule has 0 bridgehead atoms. The van der Waals surface area contributed by atoms with Crippen LogP contribution in [0.25, 0.3) is 5.69 Å². The van der Waals surface area contributed by atoms with Crippen LogP contribution < -0.4 is 5.32 Å². The molecule has 1 heterocycles. The Bertz CT molecular complexity index is 767. The summed E-state index contributed by atoms with van der Waals surface area (Å²) >= 11 is 0. The SMILES string of the molecule is CNC(=O)CN(C)C(=O)COC(=O)c1ccc(-n2nccc2C)cc1. The van der Waals surface area contributed by atoms with Gasteiger partial charge in [-0.3, -0.25) is 9.59 Å². The molecule has 0 aliphatic carbocycles. The van der Waals surface area contributed by atoms with E-state index < -0.39 is 18.5 Å². The maximum absolute atomic E-state index is 12.0. The number of hydrogen-bond acceptors (Lipinski definition) is 5. The maximum atomic E-state index is 12.0. The Morgan fingerprint density at radius 2 is 1.88 bits per heavy atom. The van der Waals surface area contributed by atoms with Gasteiger partial charge >= 0.3 is 5.97 Å². The molecule has 8 heteroatoms. The van der Waals surface area contributed by atoms with Gasteiger partial charge in [-0.15, -0.1) is 0 Å². The average molecular weight is 344 g/mol. The third-order valence-corrected chi connectivity index (χ3v) is 3.59. The van der Waals surface area contributed by atoms with Crippen LogP contribution in [0.2, 0.25) is 0 Å². The zero-order valence-electron chi connectivity index (χ0n) is 14.4. The Kier molecular flexibility index (Phi) is 5.89. The first-order valence-electron chi connectivity index (χ1n) is 7.65. The van der Waals surface area contributed by atoms with Gasteiger partial charge in [0.25, 0.3) is 5.91 Å². The Balaban J connectivity index is 1.92. The molecule has 1 aromatic heterocycles. The lowest BCUT2D eigenvalue weighted by atomic mass is 10.2. The third kappa shape index (κ3) is 4.66. The second kappa shape index (κ2) is 8.09. The molecule has 2 rings (SSSR count). The van der Waals surface area contributed by atoms with Crippen LogP contribution in [-0.2, 0) is 14.3 Å². The van der Waals surface area contributed by atoms with Gasteiger partial charge in [0.15, 0.2) is 6.61 Å². The fraction of sp³-hybridized carbons (Fsp3) is 0.294. The number of ether oxygens (including phenoxy) is 1. The first kappa shape index (κ1) is 18.2. The number of carbonyl (C=O) groups is 3. The van der Waals surface area contributed by atoms with Gasteiger partial charge in [-0.05, 0) is 37.3 Å². The lowest BCUT2D eigenvalue weighted by Crippen LogP contribution is -2.39. The molecule has 0 spiro atoms. The highest BCUT2D eigenvalue weighted by Gasteiger charge is 2.15. The number of nitrogens with zero attached hydrogens (tertiary/aromatic N) is 3. The molecule has 0 fully saturated rings. The lowest BCUT2D eigenvalue weighted by molar-refractivity contribution is -0.137. The summed E-state index contributed by atoms with van der Waals surface area (Å²) in [5, 5.41) is 6.60. The molecule has 0 radical (unpaired) electrons. The summed E-state index contributed by atoms with van der Waals surface area (Å²) in [6.07, 6.45) is 1.69. The van der Waals surface area contributed by atoms with Crippen molar-refractivity contribution in [3.63, 3.8) is 0 Å². The van der Waals surface area contributed by atoms with E-state index in [0.29, 0.717) is 5.56 Å². The van der Waals surface area contributed by atoms with Gasteiger partial charge in [0.05, 0.1) is 17.8 Å². The molecule has 0 aliphatic rings. The standard InChI is InChI=1S/C17H20N4O4/c1-12-8-9-19-21(12)14-6-4-13(5-7-14)17(24)25-11-16(23)20(3)10-15(22)18-2/h4-9H,10-11H2,1-3H3,(H,18,22). The second-order valence-corrected chi connectivity index (χ2v) is 5.43. The van der Waals surface area contributed by atoms with Gasteiger partial charge in [0.2, 0.25) is 5.91 Å².